The van der Waals surface area contributed by atoms with E-state index in [9.17, 15) is 0 Å². The minimum absolute atomic E-state index is 0.446. The fraction of sp³-hybridized carbons (Fsp3) is 0.586. The lowest BCUT2D eigenvalue weighted by atomic mass is 10.1. The van der Waals surface area contributed by atoms with Gasteiger partial charge in [0.2, 0.25) is 0 Å². The van der Waals surface area contributed by atoms with Gasteiger partial charge in [0.15, 0.2) is 0 Å². The molecule has 36 heavy (non-hydrogen) atoms. The van der Waals surface area contributed by atoms with E-state index in [1.54, 1.807) is 11.5 Å². The molecule has 0 atom stereocenters. The Morgan fingerprint density at radius 3 is 1.81 bits per heavy atom. The van der Waals surface area contributed by atoms with Crippen molar-refractivity contribution in [2.24, 2.45) is 18.0 Å². The molecule has 0 aromatic carbocycles. The summed E-state index contributed by atoms with van der Waals surface area (Å²) in [6, 6.07) is 4.19. The first kappa shape index (κ1) is 31.5. The monoisotopic (exact) mass is 513 g/mol. The zero-order valence-corrected chi connectivity index (χ0v) is 25.3. The summed E-state index contributed by atoms with van der Waals surface area (Å²) in [4.78, 5) is 5.62. The van der Waals surface area contributed by atoms with Gasteiger partial charge in [-0.1, -0.05) is 66.6 Å². The molecule has 0 aliphatic carbocycles. The van der Waals surface area contributed by atoms with E-state index < -0.39 is 0 Å². The first-order chi connectivity index (χ1) is 16.8. The molecule has 200 valence electrons. The van der Waals surface area contributed by atoms with Crippen molar-refractivity contribution >= 4 is 17.2 Å². The first-order valence-corrected chi connectivity index (χ1v) is 13.7. The molecule has 6 nitrogen and oxygen atoms in total. The van der Waals surface area contributed by atoms with Crippen LogP contribution in [-0.2, 0) is 7.05 Å². The molecule has 0 unspecified atom stereocenters. The smallest absolute Gasteiger partial charge is 0.142 e. The van der Waals surface area contributed by atoms with E-state index >= 15 is 0 Å². The standard InChI is InChI=1S/C8H13NO.C7H12N2.C7H11NS.C7H11N/c1-5(2)8-6(3)7(4)9-10-8;1-6(2)7-4-5-8-9(7)3;1-5(2)7-4-6(3)8-9-7;1-6(2)7-4-3-5-8-7/h5H,1-4H3;4-6H,1-3H3;4-5H,1-3H3;3-4,6H,5H2,1-2H3. The second-order valence-electron chi connectivity index (χ2n) is 10.3. The van der Waals surface area contributed by atoms with Crippen LogP contribution in [0.25, 0.3) is 0 Å². The number of rotatable bonds is 4. The van der Waals surface area contributed by atoms with Crippen LogP contribution in [0.15, 0.2) is 40.0 Å². The van der Waals surface area contributed by atoms with Crippen LogP contribution in [0.4, 0.5) is 0 Å². The minimum atomic E-state index is 0.446. The number of aryl methyl sites for hydroxylation is 3. The molecular weight excluding hydrogens is 466 g/mol. The van der Waals surface area contributed by atoms with E-state index in [0.29, 0.717) is 23.7 Å². The molecule has 1 aliphatic rings. The maximum absolute atomic E-state index is 5.11. The van der Waals surface area contributed by atoms with Crippen molar-refractivity contribution in [3.8, 4) is 0 Å². The SMILES string of the molecule is CC(C)C1=NCC=C1.CC(C)c1ccnn1C.Cc1cc(C(C)C)sn1.Cc1noc(C(C)C)c1C. The van der Waals surface area contributed by atoms with Gasteiger partial charge in [-0.2, -0.15) is 9.47 Å². The molecule has 1 aliphatic heterocycles. The normalized spacial score (nSPS) is 12.3. The molecule has 0 spiro atoms. The van der Waals surface area contributed by atoms with Gasteiger partial charge < -0.3 is 4.52 Å². The van der Waals surface area contributed by atoms with Crippen molar-refractivity contribution < 1.29 is 4.52 Å². The van der Waals surface area contributed by atoms with Crippen molar-refractivity contribution in [3.63, 3.8) is 0 Å². The molecular formula is C29H47N5OS. The summed E-state index contributed by atoms with van der Waals surface area (Å²) < 4.78 is 11.2. The molecule has 4 rings (SSSR count). The third kappa shape index (κ3) is 10.6. The van der Waals surface area contributed by atoms with E-state index in [4.69, 9.17) is 4.52 Å². The molecule has 4 heterocycles. The third-order valence-corrected chi connectivity index (χ3v) is 6.82. The van der Waals surface area contributed by atoms with Gasteiger partial charge in [-0.25, -0.2) is 0 Å². The molecule has 0 bridgehead atoms. The second kappa shape index (κ2) is 15.5. The lowest BCUT2D eigenvalue weighted by Gasteiger charge is -2.02. The summed E-state index contributed by atoms with van der Waals surface area (Å²) in [5, 5.41) is 7.92. The van der Waals surface area contributed by atoms with Crippen LogP contribution in [-0.4, -0.2) is 31.6 Å². The Hall–Kier alpha value is -2.54. The third-order valence-electron chi connectivity index (χ3n) is 5.64. The molecule has 0 N–H and O–H groups in total. The highest BCUT2D eigenvalue weighted by Crippen LogP contribution is 2.20. The first-order valence-electron chi connectivity index (χ1n) is 12.9. The maximum atomic E-state index is 5.11. The Balaban J connectivity index is 0.000000241. The van der Waals surface area contributed by atoms with Gasteiger partial charge in [-0.05, 0) is 68.3 Å². The topological polar surface area (TPSA) is 69.1 Å². The van der Waals surface area contributed by atoms with Gasteiger partial charge in [0, 0.05) is 41.0 Å². The molecule has 0 saturated carbocycles. The average Bonchev–Trinajstić information content (AvgIpc) is 3.59. The fourth-order valence-electron chi connectivity index (χ4n) is 3.34. The summed E-state index contributed by atoms with van der Waals surface area (Å²) in [5.41, 5.74) is 5.86. The van der Waals surface area contributed by atoms with Crippen molar-refractivity contribution in [3.05, 3.63) is 63.8 Å². The fourth-order valence-corrected chi connectivity index (χ4v) is 4.07. The van der Waals surface area contributed by atoms with Gasteiger partial charge in [0.1, 0.15) is 5.76 Å². The van der Waals surface area contributed by atoms with Crippen molar-refractivity contribution in [2.75, 3.05) is 6.54 Å². The van der Waals surface area contributed by atoms with Crippen molar-refractivity contribution in [1.29, 1.82) is 0 Å². The summed E-state index contributed by atoms with van der Waals surface area (Å²) in [6.45, 7) is 24.2. The molecule has 3 aromatic rings. The van der Waals surface area contributed by atoms with Gasteiger partial charge in [0.25, 0.3) is 0 Å². The quantitative estimate of drug-likeness (QED) is 0.353. The number of aromatic nitrogens is 4. The van der Waals surface area contributed by atoms with Crippen LogP contribution in [0.2, 0.25) is 0 Å². The highest BCUT2D eigenvalue weighted by atomic mass is 32.1. The van der Waals surface area contributed by atoms with E-state index in [1.807, 2.05) is 44.8 Å². The van der Waals surface area contributed by atoms with E-state index in [0.717, 1.165) is 23.7 Å². The van der Waals surface area contributed by atoms with Gasteiger partial charge in [-0.3, -0.25) is 9.67 Å². The average molecular weight is 514 g/mol. The zero-order chi connectivity index (χ0) is 27.4. The predicted molar refractivity (Wildman–Crippen MR) is 155 cm³/mol. The Kier molecular flexibility index (Phi) is 13.6. The lowest BCUT2D eigenvalue weighted by Crippen LogP contribution is -2.00. The molecule has 7 heteroatoms. The van der Waals surface area contributed by atoms with Crippen LogP contribution < -0.4 is 0 Å². The van der Waals surface area contributed by atoms with Crippen LogP contribution >= 0.6 is 11.5 Å². The van der Waals surface area contributed by atoms with Crippen LogP contribution in [0, 0.1) is 26.7 Å². The number of nitrogens with zero attached hydrogens (tertiary/aromatic N) is 5. The second-order valence-corrected chi connectivity index (χ2v) is 11.1. The Labute approximate surface area is 223 Å². The maximum Gasteiger partial charge on any atom is 0.142 e. The highest BCUT2D eigenvalue weighted by Gasteiger charge is 2.10. The van der Waals surface area contributed by atoms with E-state index in [-0.39, 0.29) is 0 Å². The predicted octanol–water partition coefficient (Wildman–Crippen LogP) is 8.19. The van der Waals surface area contributed by atoms with Crippen LogP contribution in [0.1, 0.15) is 106 Å². The van der Waals surface area contributed by atoms with Gasteiger partial charge in [0.05, 0.1) is 17.9 Å². The van der Waals surface area contributed by atoms with Crippen LogP contribution in [0.5, 0.6) is 0 Å². The minimum Gasteiger partial charge on any atom is -0.361 e. The summed E-state index contributed by atoms with van der Waals surface area (Å²) in [6.07, 6.45) is 6.02. The van der Waals surface area contributed by atoms with Crippen molar-refractivity contribution in [2.45, 2.75) is 93.9 Å². The number of hydrogen-bond donors (Lipinski definition) is 0. The number of aliphatic imine (C=N–C) groups is 1. The summed E-state index contributed by atoms with van der Waals surface area (Å²) in [7, 11) is 1.97. The lowest BCUT2D eigenvalue weighted by molar-refractivity contribution is 0.367. The van der Waals surface area contributed by atoms with Gasteiger partial charge >= 0.3 is 0 Å². The largest absolute Gasteiger partial charge is 0.361 e. The molecule has 3 aromatic heterocycles. The van der Waals surface area contributed by atoms with E-state index in [2.05, 4.69) is 93.2 Å². The molecule has 0 saturated heterocycles. The number of allylic oxidation sites excluding steroid dienone is 1. The highest BCUT2D eigenvalue weighted by molar-refractivity contribution is 7.05. The molecule has 0 radical (unpaired) electrons. The van der Waals surface area contributed by atoms with Crippen LogP contribution in [0.3, 0.4) is 0 Å². The van der Waals surface area contributed by atoms with Gasteiger partial charge in [-0.15, -0.1) is 0 Å². The molecule has 0 fully saturated rings. The summed E-state index contributed by atoms with van der Waals surface area (Å²) >= 11 is 1.61. The van der Waals surface area contributed by atoms with E-state index in [1.165, 1.54) is 21.8 Å². The Morgan fingerprint density at radius 1 is 0.917 bits per heavy atom. The number of hydrogen-bond acceptors (Lipinski definition) is 6. The Bertz CT molecular complexity index is 1080. The Morgan fingerprint density at radius 2 is 1.58 bits per heavy atom. The summed E-state index contributed by atoms with van der Waals surface area (Å²) in [5.74, 6) is 3.28. The van der Waals surface area contributed by atoms with Crippen molar-refractivity contribution in [1.82, 2.24) is 19.3 Å². The zero-order valence-electron chi connectivity index (χ0n) is 24.5. The molecule has 0 amide bonds.